The second kappa shape index (κ2) is 9.64. The number of nitrogens with two attached hydrogens (primary N) is 1. The van der Waals surface area contributed by atoms with Crippen LogP contribution in [0.5, 0.6) is 0 Å². The lowest BCUT2D eigenvalue weighted by atomic mass is 9.94. The molecule has 1 aromatic rings. The molecule has 152 valence electrons. The minimum absolute atomic E-state index is 0.265. The van der Waals surface area contributed by atoms with Crippen molar-refractivity contribution < 1.29 is 14.3 Å². The van der Waals surface area contributed by atoms with Crippen molar-refractivity contribution in [1.82, 2.24) is 10.2 Å². The van der Waals surface area contributed by atoms with Gasteiger partial charge < -0.3 is 15.2 Å². The fourth-order valence-corrected chi connectivity index (χ4v) is 3.24. The maximum atomic E-state index is 13.0. The Bertz CT molecular complexity index is 580. The highest BCUT2D eigenvalue weighted by Crippen LogP contribution is 2.25. The first-order valence-electron chi connectivity index (χ1n) is 9.80. The molecule has 0 aliphatic carbocycles. The van der Waals surface area contributed by atoms with E-state index in [-0.39, 0.29) is 12.7 Å². The molecule has 1 fully saturated rings. The number of nitrogens with one attached hydrogen (secondary N) is 1. The predicted molar refractivity (Wildman–Crippen MR) is 107 cm³/mol. The molecule has 0 bridgehead atoms. The van der Waals surface area contributed by atoms with Crippen molar-refractivity contribution in [3.8, 4) is 0 Å². The molecule has 1 atom stereocenters. The standard InChI is InChI=1S/C21H35N3O3/c1-20(2,3)27-19(25)21(4,24-12-10-17(14-22)11-13-24)23-16-26-15-18-8-6-5-7-9-18/h5-9,17,23H,10-16,22H2,1-4H3/t21-/m0/s1. The summed E-state index contributed by atoms with van der Waals surface area (Å²) >= 11 is 0. The Labute approximate surface area is 163 Å². The highest BCUT2D eigenvalue weighted by atomic mass is 16.6. The highest BCUT2D eigenvalue weighted by Gasteiger charge is 2.43. The van der Waals surface area contributed by atoms with Crippen LogP contribution in [0.3, 0.4) is 0 Å². The molecule has 0 aromatic heterocycles. The summed E-state index contributed by atoms with van der Waals surface area (Å²) in [6, 6.07) is 9.98. The van der Waals surface area contributed by atoms with E-state index in [1.54, 1.807) is 0 Å². The average Bonchev–Trinajstić information content (AvgIpc) is 2.64. The molecular formula is C21H35N3O3. The van der Waals surface area contributed by atoms with Crippen molar-refractivity contribution in [2.24, 2.45) is 11.7 Å². The highest BCUT2D eigenvalue weighted by molar-refractivity contribution is 5.80. The van der Waals surface area contributed by atoms with E-state index in [2.05, 4.69) is 10.2 Å². The van der Waals surface area contributed by atoms with Crippen molar-refractivity contribution in [3.63, 3.8) is 0 Å². The van der Waals surface area contributed by atoms with Gasteiger partial charge in [0.05, 0.1) is 13.3 Å². The molecule has 0 amide bonds. The molecule has 3 N–H and O–H groups in total. The van der Waals surface area contributed by atoms with Gasteiger partial charge in [-0.3, -0.25) is 10.2 Å². The van der Waals surface area contributed by atoms with E-state index in [1.165, 1.54) is 0 Å². The van der Waals surface area contributed by atoms with Crippen LogP contribution in [0.15, 0.2) is 30.3 Å². The van der Waals surface area contributed by atoms with Gasteiger partial charge in [0.15, 0.2) is 5.66 Å². The van der Waals surface area contributed by atoms with Crippen molar-refractivity contribution in [2.75, 3.05) is 26.4 Å². The van der Waals surface area contributed by atoms with Crippen LogP contribution in [0.2, 0.25) is 0 Å². The summed E-state index contributed by atoms with van der Waals surface area (Å²) < 4.78 is 11.5. The summed E-state index contributed by atoms with van der Waals surface area (Å²) in [7, 11) is 0. The van der Waals surface area contributed by atoms with Crippen LogP contribution < -0.4 is 11.1 Å². The number of carbonyl (C=O) groups excluding carboxylic acids is 1. The van der Waals surface area contributed by atoms with Gasteiger partial charge in [0.25, 0.3) is 0 Å². The zero-order valence-electron chi connectivity index (χ0n) is 17.2. The third-order valence-corrected chi connectivity index (χ3v) is 5.01. The molecule has 2 rings (SSSR count). The van der Waals surface area contributed by atoms with Gasteiger partial charge in [-0.05, 0) is 58.6 Å². The van der Waals surface area contributed by atoms with Gasteiger partial charge >= 0.3 is 5.97 Å². The zero-order chi connectivity index (χ0) is 19.9. The van der Waals surface area contributed by atoms with Crippen LogP contribution in [0.4, 0.5) is 0 Å². The van der Waals surface area contributed by atoms with Gasteiger partial charge in [-0.25, -0.2) is 4.79 Å². The number of hydrogen-bond acceptors (Lipinski definition) is 6. The van der Waals surface area contributed by atoms with E-state index in [1.807, 2.05) is 58.0 Å². The predicted octanol–water partition coefficient (Wildman–Crippen LogP) is 2.48. The number of hydrogen-bond donors (Lipinski definition) is 2. The molecule has 0 radical (unpaired) electrons. The molecule has 1 saturated heterocycles. The molecule has 27 heavy (non-hydrogen) atoms. The number of nitrogens with zero attached hydrogens (tertiary/aromatic N) is 1. The van der Waals surface area contributed by atoms with Crippen LogP contribution in [0.25, 0.3) is 0 Å². The SMILES string of the molecule is CC(C)(C)OC(=O)[C@@](C)(NCOCc1ccccc1)N1CCC(CN)CC1. The largest absolute Gasteiger partial charge is 0.458 e. The first-order valence-corrected chi connectivity index (χ1v) is 9.80. The molecule has 0 saturated carbocycles. The minimum Gasteiger partial charge on any atom is -0.458 e. The third-order valence-electron chi connectivity index (χ3n) is 5.01. The van der Waals surface area contributed by atoms with Crippen molar-refractivity contribution in [1.29, 1.82) is 0 Å². The van der Waals surface area contributed by atoms with E-state index < -0.39 is 11.3 Å². The molecule has 0 unspecified atom stereocenters. The first kappa shape index (κ1) is 21.8. The molecule has 6 nitrogen and oxygen atoms in total. The fourth-order valence-electron chi connectivity index (χ4n) is 3.24. The Kier molecular flexibility index (Phi) is 7.79. The maximum absolute atomic E-state index is 13.0. The number of carbonyl (C=O) groups is 1. The lowest BCUT2D eigenvalue weighted by Crippen LogP contribution is -2.65. The monoisotopic (exact) mass is 377 g/mol. The van der Waals surface area contributed by atoms with E-state index in [4.69, 9.17) is 15.2 Å². The van der Waals surface area contributed by atoms with Crippen LogP contribution in [-0.2, 0) is 20.9 Å². The van der Waals surface area contributed by atoms with Crippen molar-refractivity contribution in [3.05, 3.63) is 35.9 Å². The molecule has 1 heterocycles. The Morgan fingerprint density at radius 2 is 1.81 bits per heavy atom. The van der Waals surface area contributed by atoms with Gasteiger partial charge in [0.2, 0.25) is 0 Å². The lowest BCUT2D eigenvalue weighted by molar-refractivity contribution is -0.174. The lowest BCUT2D eigenvalue weighted by Gasteiger charge is -2.44. The smallest absolute Gasteiger partial charge is 0.341 e. The summed E-state index contributed by atoms with van der Waals surface area (Å²) in [5, 5.41) is 3.29. The Morgan fingerprint density at radius 1 is 1.19 bits per heavy atom. The molecule has 6 heteroatoms. The number of ether oxygens (including phenoxy) is 2. The number of esters is 1. The van der Waals surface area contributed by atoms with Gasteiger partial charge in [-0.2, -0.15) is 0 Å². The molecule has 1 aliphatic heterocycles. The van der Waals surface area contributed by atoms with Crippen molar-refractivity contribution >= 4 is 5.97 Å². The second-order valence-corrected chi connectivity index (χ2v) is 8.40. The number of rotatable bonds is 8. The minimum atomic E-state index is -0.927. The van der Waals surface area contributed by atoms with E-state index >= 15 is 0 Å². The molecule has 1 aromatic carbocycles. The Hall–Kier alpha value is -1.47. The zero-order valence-corrected chi connectivity index (χ0v) is 17.2. The van der Waals surface area contributed by atoms with E-state index in [9.17, 15) is 4.79 Å². The van der Waals surface area contributed by atoms with E-state index in [0.717, 1.165) is 31.5 Å². The second-order valence-electron chi connectivity index (χ2n) is 8.40. The van der Waals surface area contributed by atoms with Gasteiger partial charge in [-0.15, -0.1) is 0 Å². The number of piperidine rings is 1. The summed E-state index contributed by atoms with van der Waals surface area (Å²) in [5.41, 5.74) is 5.44. The summed E-state index contributed by atoms with van der Waals surface area (Å²) in [5.74, 6) is 0.253. The molecule has 0 spiro atoms. The van der Waals surface area contributed by atoms with Crippen LogP contribution in [0, 0.1) is 5.92 Å². The first-order chi connectivity index (χ1) is 12.7. The quantitative estimate of drug-likeness (QED) is 0.412. The van der Waals surface area contributed by atoms with Crippen LogP contribution in [0.1, 0.15) is 46.1 Å². The Balaban J connectivity index is 1.99. The van der Waals surface area contributed by atoms with Crippen molar-refractivity contribution in [2.45, 2.75) is 58.4 Å². The average molecular weight is 378 g/mol. The van der Waals surface area contributed by atoms with Gasteiger partial charge in [0, 0.05) is 13.1 Å². The van der Waals surface area contributed by atoms with Crippen LogP contribution in [-0.4, -0.2) is 48.5 Å². The molecule has 1 aliphatic rings. The maximum Gasteiger partial charge on any atom is 0.341 e. The van der Waals surface area contributed by atoms with Gasteiger partial charge in [0.1, 0.15) is 5.60 Å². The topological polar surface area (TPSA) is 76.8 Å². The summed E-state index contributed by atoms with van der Waals surface area (Å²) in [6.45, 7) is 10.6. The number of benzene rings is 1. The molecular weight excluding hydrogens is 342 g/mol. The van der Waals surface area contributed by atoms with Gasteiger partial charge in [-0.1, -0.05) is 30.3 Å². The summed E-state index contributed by atoms with van der Waals surface area (Å²) in [4.78, 5) is 15.1. The van der Waals surface area contributed by atoms with E-state index in [0.29, 0.717) is 19.1 Å². The van der Waals surface area contributed by atoms with Crippen LogP contribution >= 0.6 is 0 Å². The summed E-state index contributed by atoms with van der Waals surface area (Å²) in [6.07, 6.45) is 1.98. The normalized spacial score (nSPS) is 18.9. The number of likely N-dealkylation sites (tertiary alicyclic amines) is 1. The Morgan fingerprint density at radius 3 is 2.37 bits per heavy atom. The third kappa shape index (κ3) is 6.57. The fraction of sp³-hybridized carbons (Fsp3) is 0.667.